The lowest BCUT2D eigenvalue weighted by Gasteiger charge is -2.32. The fraction of sp³-hybridized carbons (Fsp3) is 0.333. The van der Waals surface area contributed by atoms with Gasteiger partial charge < -0.3 is 15.6 Å². The van der Waals surface area contributed by atoms with E-state index < -0.39 is 11.0 Å². The van der Waals surface area contributed by atoms with E-state index in [0.29, 0.717) is 18.7 Å². The fourth-order valence-electron chi connectivity index (χ4n) is 3.90. The van der Waals surface area contributed by atoms with Crippen molar-refractivity contribution in [3.63, 3.8) is 0 Å². The third-order valence-electron chi connectivity index (χ3n) is 5.47. The lowest BCUT2D eigenvalue weighted by Crippen LogP contribution is -2.40. The molecular formula is C21H23N5O3. The van der Waals surface area contributed by atoms with Crippen molar-refractivity contribution in [2.45, 2.75) is 31.2 Å². The van der Waals surface area contributed by atoms with Gasteiger partial charge in [-0.05, 0) is 30.5 Å². The number of nitrogens with one attached hydrogen (secondary N) is 1. The van der Waals surface area contributed by atoms with Gasteiger partial charge in [-0.15, -0.1) is 0 Å². The Kier molecular flexibility index (Phi) is 5.26. The lowest BCUT2D eigenvalue weighted by atomic mass is 9.96. The van der Waals surface area contributed by atoms with Gasteiger partial charge in [0, 0.05) is 43.6 Å². The minimum Gasteiger partial charge on any atom is -0.342 e. The molecular weight excluding hydrogens is 370 g/mol. The number of H-pyrrole nitrogens is 1. The molecule has 2 aromatic carbocycles. The molecule has 0 saturated carbocycles. The number of aromatic nitrogens is 2. The van der Waals surface area contributed by atoms with E-state index in [1.54, 1.807) is 12.1 Å². The number of non-ortho nitro benzene ring substituents is 1. The van der Waals surface area contributed by atoms with Gasteiger partial charge in [0.1, 0.15) is 5.82 Å². The Morgan fingerprint density at radius 1 is 1.31 bits per heavy atom. The quantitative estimate of drug-likeness (QED) is 0.509. The molecule has 8 heteroatoms. The molecule has 0 spiro atoms. The fourth-order valence-corrected chi connectivity index (χ4v) is 3.90. The van der Waals surface area contributed by atoms with Gasteiger partial charge >= 0.3 is 0 Å². The summed E-state index contributed by atoms with van der Waals surface area (Å²) in [6, 6.07) is 13.5. The average Bonchev–Trinajstić information content (AvgIpc) is 3.18. The van der Waals surface area contributed by atoms with Gasteiger partial charge in [-0.25, -0.2) is 4.98 Å². The van der Waals surface area contributed by atoms with Crippen LogP contribution in [0.2, 0.25) is 0 Å². The molecule has 1 fully saturated rings. The Balaban J connectivity index is 1.43. The number of hydrogen-bond donors (Lipinski definition) is 2. The van der Waals surface area contributed by atoms with Crippen LogP contribution >= 0.6 is 0 Å². The first-order valence-corrected chi connectivity index (χ1v) is 9.73. The maximum absolute atomic E-state index is 12.8. The minimum absolute atomic E-state index is 0.0201. The molecule has 4 rings (SSSR count). The number of carbonyl (C=O) groups excluding carboxylic acids is 1. The Morgan fingerprint density at radius 3 is 2.93 bits per heavy atom. The third-order valence-corrected chi connectivity index (χ3v) is 5.47. The number of aromatic amines is 1. The lowest BCUT2D eigenvalue weighted by molar-refractivity contribution is -0.384. The molecule has 2 heterocycles. The summed E-state index contributed by atoms with van der Waals surface area (Å²) < 4.78 is 0. The van der Waals surface area contributed by atoms with E-state index >= 15 is 0 Å². The molecule has 3 aromatic rings. The molecule has 1 unspecified atom stereocenters. The van der Waals surface area contributed by atoms with Crippen LogP contribution < -0.4 is 5.73 Å². The van der Waals surface area contributed by atoms with Gasteiger partial charge in [-0.3, -0.25) is 14.9 Å². The first kappa shape index (κ1) is 19.1. The van der Waals surface area contributed by atoms with Crippen molar-refractivity contribution >= 4 is 22.6 Å². The van der Waals surface area contributed by atoms with Gasteiger partial charge in [0.15, 0.2) is 0 Å². The van der Waals surface area contributed by atoms with Gasteiger partial charge in [-0.1, -0.05) is 24.3 Å². The molecule has 0 radical (unpaired) electrons. The van der Waals surface area contributed by atoms with Gasteiger partial charge in [-0.2, -0.15) is 0 Å². The van der Waals surface area contributed by atoms with Crippen molar-refractivity contribution < 1.29 is 9.72 Å². The van der Waals surface area contributed by atoms with Gasteiger partial charge in [0.05, 0.1) is 16.0 Å². The van der Waals surface area contributed by atoms with Crippen LogP contribution in [0.25, 0.3) is 11.0 Å². The van der Waals surface area contributed by atoms with E-state index in [9.17, 15) is 14.9 Å². The summed E-state index contributed by atoms with van der Waals surface area (Å²) >= 11 is 0. The second-order valence-electron chi connectivity index (χ2n) is 7.48. The van der Waals surface area contributed by atoms with Crippen molar-refractivity contribution in [3.8, 4) is 0 Å². The van der Waals surface area contributed by atoms with E-state index in [2.05, 4.69) is 9.97 Å². The van der Waals surface area contributed by atoms with Crippen LogP contribution in [-0.4, -0.2) is 38.8 Å². The number of carbonyl (C=O) groups is 1. The number of benzene rings is 2. The van der Waals surface area contributed by atoms with Crippen molar-refractivity contribution in [1.82, 2.24) is 14.9 Å². The number of imidazole rings is 1. The number of nitrogens with two attached hydrogens (primary N) is 1. The van der Waals surface area contributed by atoms with Crippen LogP contribution in [-0.2, 0) is 4.79 Å². The van der Waals surface area contributed by atoms with Crippen LogP contribution in [0.3, 0.4) is 0 Å². The van der Waals surface area contributed by atoms with Gasteiger partial charge in [0.25, 0.3) is 5.69 Å². The summed E-state index contributed by atoms with van der Waals surface area (Å²) in [4.78, 5) is 33.2. The molecule has 8 nitrogen and oxygen atoms in total. The predicted molar refractivity (Wildman–Crippen MR) is 109 cm³/mol. The first-order valence-electron chi connectivity index (χ1n) is 9.73. The largest absolute Gasteiger partial charge is 0.342 e. The molecule has 3 N–H and O–H groups in total. The zero-order valence-electron chi connectivity index (χ0n) is 16.0. The number of nitro benzene ring substituents is 1. The van der Waals surface area contributed by atoms with E-state index in [1.165, 1.54) is 12.1 Å². The summed E-state index contributed by atoms with van der Waals surface area (Å²) in [5, 5.41) is 11.0. The standard InChI is InChI=1S/C21H23N5O3/c22-17(14-5-3-7-16(11-14)26(28)29)12-20(27)25-10-4-6-15(13-25)21-23-18-8-1-2-9-19(18)24-21/h1-3,5,7-9,11,15,17H,4,6,10,12-13,22H2,(H,23,24)/t15?,17-/m0/s1. The Labute approximate surface area is 167 Å². The highest BCUT2D eigenvalue weighted by Crippen LogP contribution is 2.28. The SMILES string of the molecule is N[C@@H](CC(=O)N1CCCC(c2nc3ccccc3[nH]2)C1)c1cccc([N+](=O)[O-])c1. The highest BCUT2D eigenvalue weighted by molar-refractivity contribution is 5.77. The molecule has 1 amide bonds. The number of rotatable bonds is 5. The van der Waals surface area contributed by atoms with Crippen molar-refractivity contribution in [2.24, 2.45) is 5.73 Å². The first-order chi connectivity index (χ1) is 14.0. The normalized spacial score (nSPS) is 18.0. The summed E-state index contributed by atoms with van der Waals surface area (Å²) in [6.07, 6.45) is 1.99. The van der Waals surface area contributed by atoms with Crippen LogP contribution in [0.15, 0.2) is 48.5 Å². The number of nitrogens with zero attached hydrogens (tertiary/aromatic N) is 3. The average molecular weight is 393 g/mol. The number of hydrogen-bond acceptors (Lipinski definition) is 5. The van der Waals surface area contributed by atoms with Crippen molar-refractivity contribution in [3.05, 3.63) is 70.0 Å². The van der Waals surface area contributed by atoms with E-state index in [0.717, 1.165) is 29.7 Å². The van der Waals surface area contributed by atoms with Crippen molar-refractivity contribution in [1.29, 1.82) is 0 Å². The van der Waals surface area contributed by atoms with Gasteiger partial charge in [0.2, 0.25) is 5.91 Å². The number of nitro groups is 1. The van der Waals surface area contributed by atoms with Crippen LogP contribution in [0.1, 0.15) is 42.6 Å². The molecule has 0 aliphatic carbocycles. The number of para-hydroxylation sites is 2. The smallest absolute Gasteiger partial charge is 0.269 e. The van der Waals surface area contributed by atoms with Crippen molar-refractivity contribution in [2.75, 3.05) is 13.1 Å². The van der Waals surface area contributed by atoms with Crippen LogP contribution in [0.5, 0.6) is 0 Å². The van der Waals surface area contributed by atoms with E-state index in [1.807, 2.05) is 29.2 Å². The number of piperidine rings is 1. The maximum atomic E-state index is 12.8. The molecule has 29 heavy (non-hydrogen) atoms. The van der Waals surface area contributed by atoms with E-state index in [-0.39, 0.29) is 23.9 Å². The molecule has 1 saturated heterocycles. The maximum Gasteiger partial charge on any atom is 0.269 e. The minimum atomic E-state index is -0.575. The molecule has 2 atom stereocenters. The summed E-state index contributed by atoms with van der Waals surface area (Å²) in [5.74, 6) is 1.03. The summed E-state index contributed by atoms with van der Waals surface area (Å²) in [7, 11) is 0. The Bertz CT molecular complexity index is 1010. The molecule has 150 valence electrons. The zero-order valence-corrected chi connectivity index (χ0v) is 16.0. The highest BCUT2D eigenvalue weighted by atomic mass is 16.6. The number of likely N-dealkylation sites (tertiary alicyclic amines) is 1. The summed E-state index contributed by atoms with van der Waals surface area (Å²) in [5.41, 5.74) is 8.68. The zero-order chi connectivity index (χ0) is 20.4. The second kappa shape index (κ2) is 8.00. The molecule has 1 aliphatic heterocycles. The highest BCUT2D eigenvalue weighted by Gasteiger charge is 2.28. The number of amides is 1. The Hall–Kier alpha value is -3.26. The van der Waals surface area contributed by atoms with Crippen LogP contribution in [0.4, 0.5) is 5.69 Å². The van der Waals surface area contributed by atoms with E-state index in [4.69, 9.17) is 5.73 Å². The topological polar surface area (TPSA) is 118 Å². The molecule has 1 aromatic heterocycles. The second-order valence-corrected chi connectivity index (χ2v) is 7.48. The molecule has 0 bridgehead atoms. The number of fused-ring (bicyclic) bond motifs is 1. The summed E-state index contributed by atoms with van der Waals surface area (Å²) in [6.45, 7) is 1.29. The molecule has 1 aliphatic rings. The monoisotopic (exact) mass is 393 g/mol. The Morgan fingerprint density at radius 2 is 2.14 bits per heavy atom. The van der Waals surface area contributed by atoms with Crippen LogP contribution in [0, 0.1) is 10.1 Å². The third kappa shape index (κ3) is 4.12. The predicted octanol–water partition coefficient (Wildman–Crippen LogP) is 3.27.